The lowest BCUT2D eigenvalue weighted by molar-refractivity contribution is -0.140. The number of ketones is 1. The van der Waals surface area contributed by atoms with Crippen LogP contribution in [0.2, 0.25) is 0 Å². The monoisotopic (exact) mass is 492 g/mol. The van der Waals surface area contributed by atoms with Crippen LogP contribution in [0.25, 0.3) is 5.76 Å². The van der Waals surface area contributed by atoms with Crippen molar-refractivity contribution >= 4 is 17.4 Å². The van der Waals surface area contributed by atoms with Gasteiger partial charge in [-0.2, -0.15) is 0 Å². The van der Waals surface area contributed by atoms with Crippen LogP contribution in [-0.4, -0.2) is 66.0 Å². The first-order chi connectivity index (χ1) is 17.4. The summed E-state index contributed by atoms with van der Waals surface area (Å²) in [6.45, 7) is 13.6. The number of hydrogen-bond donors (Lipinski definition) is 1. The van der Waals surface area contributed by atoms with Gasteiger partial charge in [0.1, 0.15) is 23.9 Å². The summed E-state index contributed by atoms with van der Waals surface area (Å²) in [6, 6.07) is 13.5. The Bertz CT molecular complexity index is 1090. The van der Waals surface area contributed by atoms with Gasteiger partial charge in [-0.15, -0.1) is 0 Å². The fourth-order valence-electron chi connectivity index (χ4n) is 4.42. The minimum atomic E-state index is -0.703. The van der Waals surface area contributed by atoms with Gasteiger partial charge in [-0.25, -0.2) is 0 Å². The molecule has 1 aliphatic rings. The maximum Gasteiger partial charge on any atom is 0.295 e. The second kappa shape index (κ2) is 12.9. The highest BCUT2D eigenvalue weighted by Gasteiger charge is 2.45. The van der Waals surface area contributed by atoms with Crippen molar-refractivity contribution in [3.8, 4) is 11.5 Å². The average Bonchev–Trinajstić information content (AvgIpc) is 3.15. The Balaban J connectivity index is 2.02. The highest BCUT2D eigenvalue weighted by atomic mass is 16.5. The molecule has 1 aliphatic heterocycles. The van der Waals surface area contributed by atoms with Crippen molar-refractivity contribution in [2.45, 2.75) is 33.2 Å². The molecule has 7 nitrogen and oxygen atoms in total. The summed E-state index contributed by atoms with van der Waals surface area (Å²) in [4.78, 5) is 30.3. The lowest BCUT2D eigenvalue weighted by atomic mass is 9.95. The largest absolute Gasteiger partial charge is 0.507 e. The van der Waals surface area contributed by atoms with Crippen molar-refractivity contribution in [2.24, 2.45) is 0 Å². The molecule has 2 aromatic carbocycles. The first-order valence-electron chi connectivity index (χ1n) is 12.5. The maximum atomic E-state index is 13.3. The quantitative estimate of drug-likeness (QED) is 0.187. The molecule has 3 rings (SSSR count). The molecular weight excluding hydrogens is 456 g/mol. The number of amides is 1. The fourth-order valence-corrected chi connectivity index (χ4v) is 4.42. The van der Waals surface area contributed by atoms with Crippen LogP contribution in [0.5, 0.6) is 11.5 Å². The van der Waals surface area contributed by atoms with Gasteiger partial charge in [0.25, 0.3) is 11.7 Å². The molecule has 0 spiro atoms. The number of aliphatic hydroxyl groups is 1. The Labute approximate surface area is 213 Å². The highest BCUT2D eigenvalue weighted by molar-refractivity contribution is 6.46. The van der Waals surface area contributed by atoms with E-state index in [4.69, 9.17) is 9.47 Å². The van der Waals surface area contributed by atoms with Crippen molar-refractivity contribution in [1.82, 2.24) is 9.80 Å². The van der Waals surface area contributed by atoms with Gasteiger partial charge in [0.2, 0.25) is 0 Å². The number of carbonyl (C=O) groups is 2. The van der Waals surface area contributed by atoms with E-state index in [0.717, 1.165) is 25.2 Å². The normalized spacial score (nSPS) is 17.0. The smallest absolute Gasteiger partial charge is 0.295 e. The zero-order chi connectivity index (χ0) is 26.1. The Morgan fingerprint density at radius 1 is 1.06 bits per heavy atom. The average molecular weight is 493 g/mol. The van der Waals surface area contributed by atoms with E-state index in [-0.39, 0.29) is 11.3 Å². The zero-order valence-electron chi connectivity index (χ0n) is 21.4. The molecular formula is C29H36N2O5. The molecule has 1 N–H and O–H groups in total. The predicted octanol–water partition coefficient (Wildman–Crippen LogP) is 4.80. The van der Waals surface area contributed by atoms with E-state index in [0.29, 0.717) is 43.2 Å². The third-order valence-electron chi connectivity index (χ3n) is 6.29. The van der Waals surface area contributed by atoms with Gasteiger partial charge in [0, 0.05) is 12.1 Å². The third kappa shape index (κ3) is 6.15. The van der Waals surface area contributed by atoms with E-state index in [9.17, 15) is 14.7 Å². The van der Waals surface area contributed by atoms with Gasteiger partial charge < -0.3 is 24.4 Å². The minimum Gasteiger partial charge on any atom is -0.507 e. The molecule has 1 unspecified atom stereocenters. The predicted molar refractivity (Wildman–Crippen MR) is 141 cm³/mol. The standard InChI is InChI=1S/C29H36N2O5/c1-5-19-36-23-15-13-21(14-16-23)26-25(27(32)22-11-9-12-24(20-22)35-8-4)28(33)29(34)31(26)18-10-17-30(6-2)7-3/h5,9,11-16,20,26,32H,1,6-8,10,17-19H2,2-4H3/b27-25+. The molecule has 0 bridgehead atoms. The number of ether oxygens (including phenoxy) is 2. The van der Waals surface area contributed by atoms with Gasteiger partial charge >= 0.3 is 0 Å². The van der Waals surface area contributed by atoms with E-state index in [2.05, 4.69) is 25.3 Å². The lowest BCUT2D eigenvalue weighted by Crippen LogP contribution is -2.33. The highest BCUT2D eigenvalue weighted by Crippen LogP contribution is 2.40. The topological polar surface area (TPSA) is 79.3 Å². The van der Waals surface area contributed by atoms with Crippen LogP contribution in [0.1, 0.15) is 44.4 Å². The van der Waals surface area contributed by atoms with Crippen molar-refractivity contribution < 1.29 is 24.2 Å². The van der Waals surface area contributed by atoms with Gasteiger partial charge in [0.15, 0.2) is 0 Å². The van der Waals surface area contributed by atoms with E-state index in [1.54, 1.807) is 47.4 Å². The molecule has 7 heteroatoms. The molecule has 36 heavy (non-hydrogen) atoms. The molecule has 1 fully saturated rings. The number of aliphatic hydroxyl groups excluding tert-OH is 1. The molecule has 192 valence electrons. The molecule has 0 aromatic heterocycles. The number of hydrogen-bond acceptors (Lipinski definition) is 6. The molecule has 1 amide bonds. The number of likely N-dealkylation sites (tertiary alicyclic amines) is 1. The van der Waals surface area contributed by atoms with Gasteiger partial charge in [-0.05, 0) is 62.8 Å². The Hall–Kier alpha value is -3.58. The SMILES string of the molecule is C=CCOc1ccc(C2/C(=C(\O)c3cccc(OCC)c3)C(=O)C(=O)N2CCCN(CC)CC)cc1. The molecule has 0 aliphatic carbocycles. The van der Waals surface area contributed by atoms with Crippen molar-refractivity contribution in [3.63, 3.8) is 0 Å². The summed E-state index contributed by atoms with van der Waals surface area (Å²) in [5.41, 5.74) is 1.24. The number of nitrogens with zero attached hydrogens (tertiary/aromatic N) is 2. The number of carbonyl (C=O) groups excluding carboxylic acids is 2. The Kier molecular flexibility index (Phi) is 9.70. The Morgan fingerprint density at radius 2 is 1.78 bits per heavy atom. The van der Waals surface area contributed by atoms with E-state index >= 15 is 0 Å². The van der Waals surface area contributed by atoms with Crippen molar-refractivity contribution in [1.29, 1.82) is 0 Å². The van der Waals surface area contributed by atoms with Crippen LogP contribution < -0.4 is 9.47 Å². The molecule has 2 aromatic rings. The number of benzene rings is 2. The summed E-state index contributed by atoms with van der Waals surface area (Å²) in [7, 11) is 0. The number of Topliss-reactive ketones (excluding diaryl/α,β-unsaturated/α-hetero) is 1. The summed E-state index contributed by atoms with van der Waals surface area (Å²) in [5, 5.41) is 11.3. The van der Waals surface area contributed by atoms with Crippen LogP contribution in [-0.2, 0) is 9.59 Å². The van der Waals surface area contributed by atoms with Crippen molar-refractivity contribution in [2.75, 3.05) is 39.4 Å². The minimum absolute atomic E-state index is 0.0799. The van der Waals surface area contributed by atoms with E-state index in [1.165, 1.54) is 0 Å². The fraction of sp³-hybridized carbons (Fsp3) is 0.379. The van der Waals surface area contributed by atoms with Gasteiger partial charge in [0.05, 0.1) is 18.2 Å². The third-order valence-corrected chi connectivity index (χ3v) is 6.29. The lowest BCUT2D eigenvalue weighted by Gasteiger charge is -2.27. The Morgan fingerprint density at radius 3 is 2.42 bits per heavy atom. The molecule has 1 heterocycles. The first kappa shape index (κ1) is 27.0. The van der Waals surface area contributed by atoms with Gasteiger partial charge in [-0.3, -0.25) is 9.59 Å². The van der Waals surface area contributed by atoms with Crippen LogP contribution in [0.15, 0.2) is 66.8 Å². The van der Waals surface area contributed by atoms with Crippen LogP contribution >= 0.6 is 0 Å². The van der Waals surface area contributed by atoms with Crippen LogP contribution in [0.4, 0.5) is 0 Å². The maximum absolute atomic E-state index is 13.3. The summed E-state index contributed by atoms with van der Waals surface area (Å²) >= 11 is 0. The van der Waals surface area contributed by atoms with Gasteiger partial charge in [-0.1, -0.05) is 50.8 Å². The molecule has 1 atom stereocenters. The second-order valence-corrected chi connectivity index (χ2v) is 8.50. The molecule has 0 radical (unpaired) electrons. The summed E-state index contributed by atoms with van der Waals surface area (Å²) in [6.07, 6.45) is 2.38. The summed E-state index contributed by atoms with van der Waals surface area (Å²) < 4.78 is 11.2. The second-order valence-electron chi connectivity index (χ2n) is 8.50. The molecule has 0 saturated carbocycles. The molecule has 1 saturated heterocycles. The zero-order valence-corrected chi connectivity index (χ0v) is 21.4. The first-order valence-corrected chi connectivity index (χ1v) is 12.5. The van der Waals surface area contributed by atoms with E-state index < -0.39 is 17.7 Å². The van der Waals surface area contributed by atoms with Crippen LogP contribution in [0.3, 0.4) is 0 Å². The summed E-state index contributed by atoms with van der Waals surface area (Å²) in [5.74, 6) is -0.266. The van der Waals surface area contributed by atoms with Crippen molar-refractivity contribution in [3.05, 3.63) is 77.9 Å². The van der Waals surface area contributed by atoms with Crippen LogP contribution in [0, 0.1) is 0 Å². The number of rotatable bonds is 13. The van der Waals surface area contributed by atoms with E-state index in [1.807, 2.05) is 19.1 Å².